The molecule has 0 aliphatic rings. The van der Waals surface area contributed by atoms with Gasteiger partial charge in [0.15, 0.2) is 0 Å². The molecule has 2 N–H and O–H groups in total. The summed E-state index contributed by atoms with van der Waals surface area (Å²) in [7, 11) is 0. The average molecular weight is 321 g/mol. The van der Waals surface area contributed by atoms with Crippen LogP contribution in [0.4, 0.5) is 0 Å². The number of rotatable bonds is 6. The molecule has 1 unspecified atom stereocenters. The standard InChI is InChI=1S/C19H19N3O2/c1-14-7-9-16(10-8-14)18(19(23)24)20-11-15-12-21-22(13-15)17-5-3-2-4-6-17/h2-10,12-13,18,20H,11H2,1H3,(H,23,24). The molecule has 122 valence electrons. The summed E-state index contributed by atoms with van der Waals surface area (Å²) in [6.45, 7) is 2.41. The van der Waals surface area contributed by atoms with Gasteiger partial charge in [0.2, 0.25) is 0 Å². The molecule has 0 amide bonds. The van der Waals surface area contributed by atoms with Gasteiger partial charge in [0.25, 0.3) is 0 Å². The van der Waals surface area contributed by atoms with Crippen LogP contribution in [0.25, 0.3) is 5.69 Å². The number of nitrogens with zero attached hydrogens (tertiary/aromatic N) is 2. The largest absolute Gasteiger partial charge is 0.480 e. The molecule has 0 aliphatic heterocycles. The molecule has 24 heavy (non-hydrogen) atoms. The maximum atomic E-state index is 11.5. The number of aromatic nitrogens is 2. The Labute approximate surface area is 140 Å². The zero-order chi connectivity index (χ0) is 16.9. The minimum atomic E-state index is -0.894. The lowest BCUT2D eigenvalue weighted by atomic mass is 10.1. The second-order valence-electron chi connectivity index (χ2n) is 5.69. The van der Waals surface area contributed by atoms with Crippen LogP contribution in [-0.4, -0.2) is 20.9 Å². The summed E-state index contributed by atoms with van der Waals surface area (Å²) in [4.78, 5) is 11.5. The molecule has 0 spiro atoms. The monoisotopic (exact) mass is 321 g/mol. The fourth-order valence-corrected chi connectivity index (χ4v) is 2.50. The van der Waals surface area contributed by atoms with Crippen LogP contribution in [0.1, 0.15) is 22.7 Å². The van der Waals surface area contributed by atoms with Gasteiger partial charge < -0.3 is 5.11 Å². The summed E-state index contributed by atoms with van der Waals surface area (Å²) in [5.41, 5.74) is 3.74. The third-order valence-corrected chi connectivity index (χ3v) is 3.82. The highest BCUT2D eigenvalue weighted by Crippen LogP contribution is 2.15. The molecular formula is C19H19N3O2. The fraction of sp³-hybridized carbons (Fsp3) is 0.158. The van der Waals surface area contributed by atoms with Crippen LogP contribution in [0.3, 0.4) is 0 Å². The quantitative estimate of drug-likeness (QED) is 0.732. The molecule has 5 nitrogen and oxygen atoms in total. The van der Waals surface area contributed by atoms with Crippen molar-refractivity contribution in [2.45, 2.75) is 19.5 Å². The van der Waals surface area contributed by atoms with E-state index in [1.54, 1.807) is 10.9 Å². The van der Waals surface area contributed by atoms with E-state index in [-0.39, 0.29) is 0 Å². The Morgan fingerprint density at radius 1 is 1.17 bits per heavy atom. The molecule has 0 radical (unpaired) electrons. The summed E-state index contributed by atoms with van der Waals surface area (Å²) in [5.74, 6) is -0.894. The number of para-hydroxylation sites is 1. The lowest BCUT2D eigenvalue weighted by Crippen LogP contribution is -2.28. The first-order valence-electron chi connectivity index (χ1n) is 7.75. The molecule has 0 bridgehead atoms. The van der Waals surface area contributed by atoms with E-state index in [1.807, 2.05) is 67.7 Å². The van der Waals surface area contributed by atoms with Gasteiger partial charge in [-0.05, 0) is 24.6 Å². The molecule has 2 aromatic carbocycles. The maximum Gasteiger partial charge on any atom is 0.325 e. The Kier molecular flexibility index (Phi) is 4.72. The summed E-state index contributed by atoms with van der Waals surface area (Å²) in [6.07, 6.45) is 3.64. The van der Waals surface area contributed by atoms with Crippen LogP contribution in [0.2, 0.25) is 0 Å². The zero-order valence-electron chi connectivity index (χ0n) is 13.4. The predicted molar refractivity (Wildman–Crippen MR) is 92.0 cm³/mol. The number of aryl methyl sites for hydroxylation is 1. The highest BCUT2D eigenvalue weighted by Gasteiger charge is 2.19. The van der Waals surface area contributed by atoms with Gasteiger partial charge in [-0.15, -0.1) is 0 Å². The van der Waals surface area contributed by atoms with Crippen LogP contribution < -0.4 is 5.32 Å². The second kappa shape index (κ2) is 7.10. The Balaban J connectivity index is 1.70. The molecule has 3 rings (SSSR count). The molecule has 0 saturated heterocycles. The molecular weight excluding hydrogens is 302 g/mol. The Hall–Kier alpha value is -2.92. The lowest BCUT2D eigenvalue weighted by molar-refractivity contribution is -0.139. The summed E-state index contributed by atoms with van der Waals surface area (Å²) < 4.78 is 1.78. The molecule has 0 aliphatic carbocycles. The van der Waals surface area contributed by atoms with Gasteiger partial charge in [-0.3, -0.25) is 10.1 Å². The molecule has 5 heteroatoms. The van der Waals surface area contributed by atoms with Crippen molar-refractivity contribution in [3.63, 3.8) is 0 Å². The van der Waals surface area contributed by atoms with Gasteiger partial charge in [0.1, 0.15) is 6.04 Å². The average Bonchev–Trinajstić information content (AvgIpc) is 3.06. The number of hydrogen-bond acceptors (Lipinski definition) is 3. The minimum Gasteiger partial charge on any atom is -0.480 e. The Morgan fingerprint density at radius 2 is 1.88 bits per heavy atom. The lowest BCUT2D eigenvalue weighted by Gasteiger charge is -2.14. The van der Waals surface area contributed by atoms with Crippen molar-refractivity contribution in [1.82, 2.24) is 15.1 Å². The van der Waals surface area contributed by atoms with Crippen molar-refractivity contribution in [3.05, 3.63) is 83.7 Å². The van der Waals surface area contributed by atoms with Gasteiger partial charge in [-0.1, -0.05) is 48.0 Å². The van der Waals surface area contributed by atoms with Crippen molar-refractivity contribution >= 4 is 5.97 Å². The van der Waals surface area contributed by atoms with Gasteiger partial charge in [0, 0.05) is 18.3 Å². The SMILES string of the molecule is Cc1ccc(C(NCc2cnn(-c3ccccc3)c2)C(=O)O)cc1. The van der Waals surface area contributed by atoms with Crippen molar-refractivity contribution in [1.29, 1.82) is 0 Å². The first-order chi connectivity index (χ1) is 11.6. The summed E-state index contributed by atoms with van der Waals surface area (Å²) >= 11 is 0. The zero-order valence-corrected chi connectivity index (χ0v) is 13.4. The highest BCUT2D eigenvalue weighted by molar-refractivity contribution is 5.75. The number of carboxylic acids is 1. The van der Waals surface area contributed by atoms with Crippen molar-refractivity contribution < 1.29 is 9.90 Å². The first kappa shape index (κ1) is 16.0. The molecule has 1 aromatic heterocycles. The van der Waals surface area contributed by atoms with Crippen LogP contribution in [0.15, 0.2) is 67.0 Å². The molecule has 0 saturated carbocycles. The van der Waals surface area contributed by atoms with E-state index in [9.17, 15) is 9.90 Å². The first-order valence-corrected chi connectivity index (χ1v) is 7.75. The van der Waals surface area contributed by atoms with E-state index < -0.39 is 12.0 Å². The van der Waals surface area contributed by atoms with E-state index in [1.165, 1.54) is 0 Å². The van der Waals surface area contributed by atoms with E-state index in [0.29, 0.717) is 6.54 Å². The van der Waals surface area contributed by atoms with Crippen LogP contribution >= 0.6 is 0 Å². The van der Waals surface area contributed by atoms with Gasteiger partial charge in [-0.25, -0.2) is 4.68 Å². The van der Waals surface area contributed by atoms with E-state index in [2.05, 4.69) is 10.4 Å². The summed E-state index contributed by atoms with van der Waals surface area (Å²) in [6, 6.07) is 16.6. The smallest absolute Gasteiger partial charge is 0.325 e. The Morgan fingerprint density at radius 3 is 2.54 bits per heavy atom. The minimum absolute atomic E-state index is 0.428. The number of aliphatic carboxylic acids is 1. The third-order valence-electron chi connectivity index (χ3n) is 3.82. The van der Waals surface area contributed by atoms with E-state index >= 15 is 0 Å². The fourth-order valence-electron chi connectivity index (χ4n) is 2.50. The molecule has 0 fully saturated rings. The van der Waals surface area contributed by atoms with Crippen LogP contribution in [0, 0.1) is 6.92 Å². The van der Waals surface area contributed by atoms with Crippen LogP contribution in [-0.2, 0) is 11.3 Å². The summed E-state index contributed by atoms with van der Waals surface area (Å²) in [5, 5.41) is 16.9. The molecule has 1 atom stereocenters. The topological polar surface area (TPSA) is 67.2 Å². The third kappa shape index (κ3) is 3.70. The van der Waals surface area contributed by atoms with Crippen molar-refractivity contribution in [2.24, 2.45) is 0 Å². The van der Waals surface area contributed by atoms with Crippen molar-refractivity contribution in [3.8, 4) is 5.69 Å². The van der Waals surface area contributed by atoms with Crippen molar-refractivity contribution in [2.75, 3.05) is 0 Å². The van der Waals surface area contributed by atoms with Gasteiger partial charge >= 0.3 is 5.97 Å². The van der Waals surface area contributed by atoms with Crippen LogP contribution in [0.5, 0.6) is 0 Å². The molecule has 1 heterocycles. The Bertz CT molecular complexity index is 810. The van der Waals surface area contributed by atoms with Gasteiger partial charge in [0.05, 0.1) is 11.9 Å². The second-order valence-corrected chi connectivity index (χ2v) is 5.69. The maximum absolute atomic E-state index is 11.5. The number of hydrogen-bond donors (Lipinski definition) is 2. The van der Waals surface area contributed by atoms with Gasteiger partial charge in [-0.2, -0.15) is 5.10 Å². The van der Waals surface area contributed by atoms with E-state index in [4.69, 9.17) is 0 Å². The molecule has 3 aromatic rings. The normalized spacial score (nSPS) is 12.0. The number of nitrogens with one attached hydrogen (secondary N) is 1. The highest BCUT2D eigenvalue weighted by atomic mass is 16.4. The number of carboxylic acid groups (broad SMARTS) is 1. The predicted octanol–water partition coefficient (Wildman–Crippen LogP) is 3.10. The number of benzene rings is 2. The number of carbonyl (C=O) groups is 1. The van der Waals surface area contributed by atoms with E-state index in [0.717, 1.165) is 22.4 Å².